The van der Waals surface area contributed by atoms with E-state index in [1.807, 2.05) is 9.80 Å². The zero-order chi connectivity index (χ0) is 17.3. The van der Waals surface area contributed by atoms with Crippen molar-refractivity contribution >= 4 is 11.8 Å². The minimum atomic E-state index is -0.480. The van der Waals surface area contributed by atoms with Crippen LogP contribution in [0.4, 0.5) is 0 Å². The molecule has 0 aromatic rings. The number of nitrogens with zero attached hydrogens (tertiary/aromatic N) is 3. The third kappa shape index (κ3) is 3.30. The van der Waals surface area contributed by atoms with Gasteiger partial charge in [-0.1, -0.05) is 13.8 Å². The van der Waals surface area contributed by atoms with Crippen molar-refractivity contribution in [2.24, 2.45) is 11.8 Å². The lowest BCUT2D eigenvalue weighted by Crippen LogP contribution is -2.70. The van der Waals surface area contributed by atoms with Gasteiger partial charge in [-0.2, -0.15) is 0 Å². The quantitative estimate of drug-likeness (QED) is 0.740. The number of amides is 2. The minimum absolute atomic E-state index is 0.0140. The van der Waals surface area contributed by atoms with E-state index in [0.29, 0.717) is 51.7 Å². The third-order valence-corrected chi connectivity index (χ3v) is 5.43. The van der Waals surface area contributed by atoms with Gasteiger partial charge in [-0.15, -0.1) is 0 Å². The molecular formula is C17H29N3O4. The van der Waals surface area contributed by atoms with Gasteiger partial charge in [0.2, 0.25) is 11.8 Å². The Labute approximate surface area is 143 Å². The monoisotopic (exact) mass is 339 g/mol. The van der Waals surface area contributed by atoms with Crippen LogP contribution < -0.4 is 0 Å². The minimum Gasteiger partial charge on any atom is -0.394 e. The maximum atomic E-state index is 12.9. The number of carbonyl (C=O) groups excluding carboxylic acids is 2. The molecule has 0 saturated carbocycles. The van der Waals surface area contributed by atoms with Gasteiger partial charge in [0.05, 0.1) is 31.3 Å². The van der Waals surface area contributed by atoms with Gasteiger partial charge in [0.15, 0.2) is 0 Å². The predicted octanol–water partition coefficient (Wildman–Crippen LogP) is -0.604. The highest BCUT2D eigenvalue weighted by atomic mass is 16.5. The van der Waals surface area contributed by atoms with Crippen LogP contribution in [0.2, 0.25) is 0 Å². The zero-order valence-corrected chi connectivity index (χ0v) is 14.7. The number of aliphatic hydroxyl groups excluding tert-OH is 1. The first kappa shape index (κ1) is 17.6. The summed E-state index contributed by atoms with van der Waals surface area (Å²) >= 11 is 0. The lowest BCUT2D eigenvalue weighted by atomic mass is 9.93. The molecule has 0 aliphatic carbocycles. The van der Waals surface area contributed by atoms with Crippen molar-refractivity contribution in [3.8, 4) is 0 Å². The van der Waals surface area contributed by atoms with Gasteiger partial charge in [0.1, 0.15) is 0 Å². The van der Waals surface area contributed by atoms with E-state index >= 15 is 0 Å². The normalized spacial score (nSPS) is 31.7. The fourth-order valence-electron chi connectivity index (χ4n) is 4.13. The first-order chi connectivity index (χ1) is 11.4. The molecule has 0 radical (unpaired) electrons. The van der Waals surface area contributed by atoms with E-state index in [1.165, 1.54) is 0 Å². The summed E-state index contributed by atoms with van der Waals surface area (Å²) in [4.78, 5) is 30.9. The SMILES string of the molecule is CC(C)CN1CC(C(=O)N2CCN3CCOCC3(CO)C2)CC1=O. The summed E-state index contributed by atoms with van der Waals surface area (Å²) in [7, 11) is 0. The molecule has 136 valence electrons. The second-order valence-electron chi connectivity index (χ2n) is 7.78. The molecule has 0 aromatic carbocycles. The number of rotatable bonds is 4. The Morgan fingerprint density at radius 3 is 2.88 bits per heavy atom. The molecular weight excluding hydrogens is 310 g/mol. The van der Waals surface area contributed by atoms with E-state index in [0.717, 1.165) is 13.1 Å². The van der Waals surface area contributed by atoms with Crippen LogP contribution in [0.3, 0.4) is 0 Å². The maximum Gasteiger partial charge on any atom is 0.228 e. The van der Waals surface area contributed by atoms with E-state index in [1.54, 1.807) is 0 Å². The molecule has 0 bridgehead atoms. The molecule has 0 aromatic heterocycles. The van der Waals surface area contributed by atoms with Crippen LogP contribution in [0, 0.1) is 11.8 Å². The summed E-state index contributed by atoms with van der Waals surface area (Å²) in [5.41, 5.74) is -0.480. The van der Waals surface area contributed by atoms with Gasteiger partial charge in [0, 0.05) is 45.7 Å². The molecule has 2 unspecified atom stereocenters. The van der Waals surface area contributed by atoms with Gasteiger partial charge in [0.25, 0.3) is 0 Å². The summed E-state index contributed by atoms with van der Waals surface area (Å²) in [6, 6.07) is 0. The Kier molecular flexibility index (Phi) is 5.13. The summed E-state index contributed by atoms with van der Waals surface area (Å²) in [6.45, 7) is 9.22. The summed E-state index contributed by atoms with van der Waals surface area (Å²) in [5, 5.41) is 9.90. The largest absolute Gasteiger partial charge is 0.394 e. The third-order valence-electron chi connectivity index (χ3n) is 5.43. The van der Waals surface area contributed by atoms with Crippen LogP contribution in [0.15, 0.2) is 0 Å². The second kappa shape index (κ2) is 6.98. The summed E-state index contributed by atoms with van der Waals surface area (Å²) in [5.74, 6) is 0.289. The average Bonchev–Trinajstić information content (AvgIpc) is 2.93. The molecule has 3 aliphatic rings. The van der Waals surface area contributed by atoms with Gasteiger partial charge in [-0.25, -0.2) is 0 Å². The fraction of sp³-hybridized carbons (Fsp3) is 0.882. The van der Waals surface area contributed by atoms with Crippen LogP contribution in [-0.4, -0.2) is 96.2 Å². The number of hydrogen-bond donors (Lipinski definition) is 1. The van der Waals surface area contributed by atoms with E-state index < -0.39 is 5.54 Å². The fourth-order valence-corrected chi connectivity index (χ4v) is 4.13. The lowest BCUT2D eigenvalue weighted by Gasteiger charge is -2.52. The lowest BCUT2D eigenvalue weighted by molar-refractivity contribution is -0.154. The first-order valence-corrected chi connectivity index (χ1v) is 8.95. The number of hydrogen-bond acceptors (Lipinski definition) is 5. The Balaban J connectivity index is 1.64. The number of fused-ring (bicyclic) bond motifs is 1. The molecule has 3 saturated heterocycles. The second-order valence-corrected chi connectivity index (χ2v) is 7.78. The molecule has 7 nitrogen and oxygen atoms in total. The first-order valence-electron chi connectivity index (χ1n) is 8.95. The van der Waals surface area contributed by atoms with Crippen molar-refractivity contribution in [1.82, 2.24) is 14.7 Å². The van der Waals surface area contributed by atoms with Crippen molar-refractivity contribution in [3.63, 3.8) is 0 Å². The highest BCUT2D eigenvalue weighted by Gasteiger charge is 2.46. The molecule has 24 heavy (non-hydrogen) atoms. The summed E-state index contributed by atoms with van der Waals surface area (Å²) < 4.78 is 5.56. The van der Waals surface area contributed by atoms with Crippen molar-refractivity contribution in [2.45, 2.75) is 25.8 Å². The zero-order valence-electron chi connectivity index (χ0n) is 14.7. The van der Waals surface area contributed by atoms with E-state index in [9.17, 15) is 14.7 Å². The van der Waals surface area contributed by atoms with Crippen LogP contribution in [0.25, 0.3) is 0 Å². The van der Waals surface area contributed by atoms with Gasteiger partial charge in [-0.3, -0.25) is 14.5 Å². The van der Waals surface area contributed by atoms with Crippen LogP contribution >= 0.6 is 0 Å². The van der Waals surface area contributed by atoms with Crippen molar-refractivity contribution in [2.75, 3.05) is 59.1 Å². The Bertz CT molecular complexity index is 498. The molecule has 2 atom stereocenters. The molecule has 3 aliphatic heterocycles. The number of carbonyl (C=O) groups is 2. The van der Waals surface area contributed by atoms with Crippen LogP contribution in [0.5, 0.6) is 0 Å². The maximum absolute atomic E-state index is 12.9. The molecule has 3 rings (SSSR count). The number of piperazine rings is 1. The van der Waals surface area contributed by atoms with Crippen molar-refractivity contribution < 1.29 is 19.4 Å². The molecule has 1 N–H and O–H groups in total. The molecule has 3 heterocycles. The number of likely N-dealkylation sites (tertiary alicyclic amines) is 1. The Hall–Kier alpha value is -1.18. The van der Waals surface area contributed by atoms with Gasteiger partial charge < -0.3 is 19.6 Å². The average molecular weight is 339 g/mol. The molecule has 2 amide bonds. The Morgan fingerprint density at radius 1 is 1.38 bits per heavy atom. The summed E-state index contributed by atoms with van der Waals surface area (Å²) in [6.07, 6.45) is 0.314. The van der Waals surface area contributed by atoms with Gasteiger partial charge >= 0.3 is 0 Å². The van der Waals surface area contributed by atoms with Gasteiger partial charge in [-0.05, 0) is 5.92 Å². The number of morpholine rings is 1. The van der Waals surface area contributed by atoms with E-state index in [4.69, 9.17) is 4.74 Å². The van der Waals surface area contributed by atoms with E-state index in [-0.39, 0.29) is 24.3 Å². The molecule has 7 heteroatoms. The van der Waals surface area contributed by atoms with Crippen LogP contribution in [0.1, 0.15) is 20.3 Å². The van der Waals surface area contributed by atoms with Crippen LogP contribution in [-0.2, 0) is 14.3 Å². The highest BCUT2D eigenvalue weighted by molar-refractivity contribution is 5.89. The van der Waals surface area contributed by atoms with Crippen molar-refractivity contribution in [1.29, 1.82) is 0 Å². The highest BCUT2D eigenvalue weighted by Crippen LogP contribution is 2.28. The standard InChI is InChI=1S/C17H29N3O4/c1-13(2)8-19-9-14(7-15(19)22)16(23)18-3-4-20-5-6-24-12-17(20,10-18)11-21/h13-14,21H,3-12H2,1-2H3. The molecule has 3 fully saturated rings. The topological polar surface area (TPSA) is 73.3 Å². The predicted molar refractivity (Wildman–Crippen MR) is 88.3 cm³/mol. The number of aliphatic hydroxyl groups is 1. The van der Waals surface area contributed by atoms with E-state index in [2.05, 4.69) is 18.7 Å². The number of ether oxygens (including phenoxy) is 1. The van der Waals surface area contributed by atoms with Crippen molar-refractivity contribution in [3.05, 3.63) is 0 Å². The smallest absolute Gasteiger partial charge is 0.228 e. The molecule has 0 spiro atoms. The Morgan fingerprint density at radius 2 is 2.17 bits per heavy atom.